The van der Waals surface area contributed by atoms with E-state index in [0.29, 0.717) is 11.4 Å². The lowest BCUT2D eigenvalue weighted by molar-refractivity contribution is -0.114. The lowest BCUT2D eigenvalue weighted by Crippen LogP contribution is -2.38. The molecule has 0 bridgehead atoms. The molecule has 7 heteroatoms. The highest BCUT2D eigenvalue weighted by Crippen LogP contribution is 2.25. The Bertz CT molecular complexity index is 866. The van der Waals surface area contributed by atoms with E-state index in [-0.39, 0.29) is 6.54 Å². The van der Waals surface area contributed by atoms with Gasteiger partial charge in [0, 0.05) is 10.2 Å². The monoisotopic (exact) mass is 410 g/mol. The van der Waals surface area contributed by atoms with E-state index in [9.17, 15) is 13.2 Å². The molecule has 5 nitrogen and oxygen atoms in total. The fraction of sp³-hybridized carbons (Fsp3) is 0.235. The van der Waals surface area contributed by atoms with Crippen molar-refractivity contribution in [3.8, 4) is 0 Å². The summed E-state index contributed by atoms with van der Waals surface area (Å²) in [4.78, 5) is 12.3. The second-order valence-corrected chi connectivity index (χ2v) is 8.37. The number of carbonyl (C=O) groups excluding carboxylic acids is 1. The summed E-state index contributed by atoms with van der Waals surface area (Å²) in [6, 6.07) is 12.5. The maximum Gasteiger partial charge on any atom is 0.245 e. The van der Waals surface area contributed by atoms with Crippen molar-refractivity contribution in [3.63, 3.8) is 0 Å². The summed E-state index contributed by atoms with van der Waals surface area (Å²) < 4.78 is 26.3. The molecule has 0 saturated heterocycles. The highest BCUT2D eigenvalue weighted by atomic mass is 79.9. The number of hydrogen-bond acceptors (Lipinski definition) is 3. The van der Waals surface area contributed by atoms with Crippen molar-refractivity contribution in [1.29, 1.82) is 0 Å². The molecule has 2 rings (SSSR count). The number of amides is 1. The van der Waals surface area contributed by atoms with Crippen molar-refractivity contribution < 1.29 is 13.2 Å². The van der Waals surface area contributed by atoms with Crippen molar-refractivity contribution >= 4 is 43.2 Å². The zero-order valence-electron chi connectivity index (χ0n) is 13.7. The van der Waals surface area contributed by atoms with Crippen LogP contribution in [-0.4, -0.2) is 27.1 Å². The first-order valence-electron chi connectivity index (χ1n) is 7.28. The summed E-state index contributed by atoms with van der Waals surface area (Å²) in [7, 11) is -3.59. The normalized spacial score (nSPS) is 11.2. The lowest BCUT2D eigenvalue weighted by atomic mass is 10.1. The van der Waals surface area contributed by atoms with Crippen LogP contribution in [0.3, 0.4) is 0 Å². The summed E-state index contributed by atoms with van der Waals surface area (Å²) >= 11 is 3.33. The Morgan fingerprint density at radius 2 is 1.83 bits per heavy atom. The average Bonchev–Trinajstić information content (AvgIpc) is 2.47. The SMILES string of the molecule is Cc1cccc(N(CC(=O)Nc2cccc(Br)c2)S(C)(=O)=O)c1C. The van der Waals surface area contributed by atoms with Gasteiger partial charge in [0.25, 0.3) is 0 Å². The number of carbonyl (C=O) groups is 1. The van der Waals surface area contributed by atoms with E-state index in [2.05, 4.69) is 21.2 Å². The molecule has 128 valence electrons. The number of halogens is 1. The number of aryl methyl sites for hydroxylation is 1. The van der Waals surface area contributed by atoms with Gasteiger partial charge in [-0.15, -0.1) is 0 Å². The lowest BCUT2D eigenvalue weighted by Gasteiger charge is -2.24. The quantitative estimate of drug-likeness (QED) is 0.820. The Morgan fingerprint density at radius 3 is 2.46 bits per heavy atom. The minimum absolute atomic E-state index is 0.282. The molecule has 0 radical (unpaired) electrons. The van der Waals surface area contributed by atoms with Gasteiger partial charge in [-0.1, -0.05) is 34.1 Å². The summed E-state index contributed by atoms with van der Waals surface area (Å²) in [5, 5.41) is 2.71. The van der Waals surface area contributed by atoms with Gasteiger partial charge in [0.2, 0.25) is 15.9 Å². The molecule has 0 spiro atoms. The second-order valence-electron chi connectivity index (χ2n) is 5.55. The van der Waals surface area contributed by atoms with Gasteiger partial charge in [-0.25, -0.2) is 8.42 Å². The molecule has 0 atom stereocenters. The molecule has 0 unspecified atom stereocenters. The van der Waals surface area contributed by atoms with E-state index in [1.165, 1.54) is 0 Å². The molecular formula is C17H19BrN2O3S. The maximum atomic E-state index is 12.3. The van der Waals surface area contributed by atoms with E-state index < -0.39 is 15.9 Å². The fourth-order valence-electron chi connectivity index (χ4n) is 2.28. The Balaban J connectivity index is 2.27. The summed E-state index contributed by atoms with van der Waals surface area (Å²) in [6.07, 6.45) is 1.10. The zero-order valence-corrected chi connectivity index (χ0v) is 16.1. The first-order chi connectivity index (χ1) is 11.2. The fourth-order valence-corrected chi connectivity index (χ4v) is 3.59. The molecule has 2 aromatic rings. The molecule has 0 aliphatic rings. The topological polar surface area (TPSA) is 66.5 Å². The van der Waals surface area contributed by atoms with Gasteiger partial charge in [-0.2, -0.15) is 0 Å². The predicted octanol–water partition coefficient (Wildman–Crippen LogP) is 3.47. The molecule has 1 N–H and O–H groups in total. The molecule has 0 heterocycles. The third-order valence-electron chi connectivity index (χ3n) is 3.64. The van der Waals surface area contributed by atoms with Crippen LogP contribution in [0.2, 0.25) is 0 Å². The highest BCUT2D eigenvalue weighted by molar-refractivity contribution is 9.10. The number of nitrogens with one attached hydrogen (secondary N) is 1. The first-order valence-corrected chi connectivity index (χ1v) is 9.92. The summed E-state index contributed by atoms with van der Waals surface area (Å²) in [5.41, 5.74) is 2.91. The van der Waals surface area contributed by atoms with Gasteiger partial charge < -0.3 is 5.32 Å². The number of benzene rings is 2. The van der Waals surface area contributed by atoms with Crippen LogP contribution in [0.4, 0.5) is 11.4 Å². The van der Waals surface area contributed by atoms with Gasteiger partial charge in [0.1, 0.15) is 6.54 Å². The first kappa shape index (κ1) is 18.5. The van der Waals surface area contributed by atoms with E-state index in [1.807, 2.05) is 26.0 Å². The van der Waals surface area contributed by atoms with Crippen molar-refractivity contribution in [3.05, 3.63) is 58.1 Å². The Labute approximate surface area is 150 Å². The van der Waals surface area contributed by atoms with E-state index in [4.69, 9.17) is 0 Å². The van der Waals surface area contributed by atoms with Crippen LogP contribution in [0.15, 0.2) is 46.9 Å². The Kier molecular flexibility index (Phi) is 5.66. The Morgan fingerprint density at radius 1 is 1.17 bits per heavy atom. The van der Waals surface area contributed by atoms with Crippen LogP contribution in [0, 0.1) is 13.8 Å². The summed E-state index contributed by atoms with van der Waals surface area (Å²) in [5.74, 6) is -0.403. The van der Waals surface area contributed by atoms with Gasteiger partial charge in [-0.3, -0.25) is 9.10 Å². The number of rotatable bonds is 5. The molecule has 24 heavy (non-hydrogen) atoms. The van der Waals surface area contributed by atoms with Crippen molar-refractivity contribution in [2.45, 2.75) is 13.8 Å². The third kappa shape index (κ3) is 4.58. The number of sulfonamides is 1. The third-order valence-corrected chi connectivity index (χ3v) is 5.26. The maximum absolute atomic E-state index is 12.3. The summed E-state index contributed by atoms with van der Waals surface area (Å²) in [6.45, 7) is 3.46. The van der Waals surface area contributed by atoms with E-state index >= 15 is 0 Å². The minimum atomic E-state index is -3.59. The number of hydrogen-bond donors (Lipinski definition) is 1. The Hall–Kier alpha value is -1.86. The van der Waals surface area contributed by atoms with Crippen molar-refractivity contribution in [2.75, 3.05) is 22.4 Å². The van der Waals surface area contributed by atoms with Crippen molar-refractivity contribution in [1.82, 2.24) is 0 Å². The van der Waals surface area contributed by atoms with E-state index in [0.717, 1.165) is 26.2 Å². The molecular weight excluding hydrogens is 392 g/mol. The van der Waals surface area contributed by atoms with Gasteiger partial charge in [0.05, 0.1) is 11.9 Å². The largest absolute Gasteiger partial charge is 0.324 e. The molecule has 1 amide bonds. The second kappa shape index (κ2) is 7.36. The molecule has 0 aliphatic carbocycles. The molecule has 0 fully saturated rings. The smallest absolute Gasteiger partial charge is 0.245 e. The molecule has 2 aromatic carbocycles. The van der Waals surface area contributed by atoms with Gasteiger partial charge in [-0.05, 0) is 49.2 Å². The standard InChI is InChI=1S/C17H19BrN2O3S/c1-12-6-4-9-16(13(12)2)20(24(3,22)23)11-17(21)19-15-8-5-7-14(18)10-15/h4-10H,11H2,1-3H3,(H,19,21). The van der Waals surface area contributed by atoms with Crippen LogP contribution in [0.25, 0.3) is 0 Å². The average molecular weight is 411 g/mol. The zero-order chi connectivity index (χ0) is 17.9. The van der Waals surface area contributed by atoms with Crippen LogP contribution in [0.5, 0.6) is 0 Å². The highest BCUT2D eigenvalue weighted by Gasteiger charge is 2.22. The van der Waals surface area contributed by atoms with Crippen LogP contribution in [-0.2, 0) is 14.8 Å². The number of nitrogens with zero attached hydrogens (tertiary/aromatic N) is 1. The molecule has 0 saturated carbocycles. The van der Waals surface area contributed by atoms with Crippen LogP contribution >= 0.6 is 15.9 Å². The van der Waals surface area contributed by atoms with Crippen LogP contribution < -0.4 is 9.62 Å². The molecule has 0 aromatic heterocycles. The number of anilines is 2. The van der Waals surface area contributed by atoms with Gasteiger partial charge >= 0.3 is 0 Å². The predicted molar refractivity (Wildman–Crippen MR) is 101 cm³/mol. The molecule has 0 aliphatic heterocycles. The van der Waals surface area contributed by atoms with Crippen molar-refractivity contribution in [2.24, 2.45) is 0 Å². The van der Waals surface area contributed by atoms with Crippen LogP contribution in [0.1, 0.15) is 11.1 Å². The van der Waals surface area contributed by atoms with Gasteiger partial charge in [0.15, 0.2) is 0 Å². The van der Waals surface area contributed by atoms with E-state index in [1.54, 1.807) is 30.3 Å². The minimum Gasteiger partial charge on any atom is -0.324 e.